The summed E-state index contributed by atoms with van der Waals surface area (Å²) in [7, 11) is 0. The maximum absolute atomic E-state index is 6.17. The largest absolute Gasteiger partial charge is 0.333 e. The third kappa shape index (κ3) is 3.80. The van der Waals surface area contributed by atoms with Crippen molar-refractivity contribution >= 4 is 0 Å². The first-order valence-electron chi connectivity index (χ1n) is 7.52. The predicted molar refractivity (Wildman–Crippen MR) is 78.9 cm³/mol. The number of aromatic nitrogens is 2. The third-order valence-corrected chi connectivity index (χ3v) is 4.16. The minimum absolute atomic E-state index is 0.311. The van der Waals surface area contributed by atoms with Gasteiger partial charge in [0.25, 0.3) is 0 Å². The quantitative estimate of drug-likeness (QED) is 0.888. The lowest BCUT2D eigenvalue weighted by Gasteiger charge is -2.33. The maximum Gasteiger partial charge on any atom is 0.0948 e. The van der Waals surface area contributed by atoms with Crippen molar-refractivity contribution in [3.63, 3.8) is 0 Å². The minimum Gasteiger partial charge on any atom is -0.333 e. The van der Waals surface area contributed by atoms with Gasteiger partial charge >= 0.3 is 0 Å². The molecule has 2 rings (SSSR count). The Kier molecular flexibility index (Phi) is 4.63. The highest BCUT2D eigenvalue weighted by Crippen LogP contribution is 2.18. The summed E-state index contributed by atoms with van der Waals surface area (Å²) in [6.07, 6.45) is 9.07. The van der Waals surface area contributed by atoms with Crippen molar-refractivity contribution in [3.05, 3.63) is 18.2 Å². The molecule has 2 N–H and O–H groups in total. The molecule has 0 bridgehead atoms. The highest BCUT2D eigenvalue weighted by Gasteiger charge is 2.20. The van der Waals surface area contributed by atoms with Crippen molar-refractivity contribution in [1.82, 2.24) is 14.5 Å². The molecule has 108 valence electrons. The van der Waals surface area contributed by atoms with Crippen molar-refractivity contribution in [2.45, 2.75) is 64.6 Å². The smallest absolute Gasteiger partial charge is 0.0948 e. The minimum atomic E-state index is -0.311. The Labute approximate surface area is 117 Å². The van der Waals surface area contributed by atoms with Gasteiger partial charge in [0.15, 0.2) is 0 Å². The van der Waals surface area contributed by atoms with Crippen molar-refractivity contribution < 1.29 is 0 Å². The molecular formula is C15H28N4. The lowest BCUT2D eigenvalue weighted by Crippen LogP contribution is -2.38. The number of nitrogens with two attached hydrogens (primary N) is 1. The highest BCUT2D eigenvalue weighted by atomic mass is 15.2. The summed E-state index contributed by atoms with van der Waals surface area (Å²) in [5, 5.41) is 0. The van der Waals surface area contributed by atoms with Gasteiger partial charge in [0.1, 0.15) is 0 Å². The molecule has 1 aliphatic rings. The van der Waals surface area contributed by atoms with E-state index in [-0.39, 0.29) is 5.54 Å². The molecule has 1 aliphatic heterocycles. The second kappa shape index (κ2) is 6.06. The van der Waals surface area contributed by atoms with Crippen molar-refractivity contribution in [2.24, 2.45) is 5.73 Å². The second-order valence-corrected chi connectivity index (χ2v) is 6.43. The van der Waals surface area contributed by atoms with Gasteiger partial charge in [0.2, 0.25) is 0 Å². The topological polar surface area (TPSA) is 47.1 Å². The molecule has 0 aromatic carbocycles. The fourth-order valence-corrected chi connectivity index (χ4v) is 2.97. The molecule has 1 fully saturated rings. The van der Waals surface area contributed by atoms with E-state index >= 15 is 0 Å². The Hall–Kier alpha value is -0.870. The zero-order valence-electron chi connectivity index (χ0n) is 12.6. The SMILES string of the molecule is CC1CCCCN1CCCn1cncc1C(C)(C)N. The zero-order valence-corrected chi connectivity index (χ0v) is 12.6. The lowest BCUT2D eigenvalue weighted by atomic mass is 10.0. The van der Waals surface area contributed by atoms with Gasteiger partial charge in [0, 0.05) is 25.3 Å². The van der Waals surface area contributed by atoms with Crippen LogP contribution in [0.4, 0.5) is 0 Å². The summed E-state index contributed by atoms with van der Waals surface area (Å²) in [6.45, 7) is 9.88. The maximum atomic E-state index is 6.17. The second-order valence-electron chi connectivity index (χ2n) is 6.43. The summed E-state index contributed by atoms with van der Waals surface area (Å²) in [4.78, 5) is 6.86. The van der Waals surface area contributed by atoms with Crippen LogP contribution in [0.25, 0.3) is 0 Å². The van der Waals surface area contributed by atoms with Crippen LogP contribution in [0.5, 0.6) is 0 Å². The Morgan fingerprint density at radius 3 is 2.84 bits per heavy atom. The fraction of sp³-hybridized carbons (Fsp3) is 0.800. The van der Waals surface area contributed by atoms with E-state index in [0.717, 1.165) is 18.3 Å². The molecule has 4 nitrogen and oxygen atoms in total. The van der Waals surface area contributed by atoms with Gasteiger partial charge < -0.3 is 15.2 Å². The Morgan fingerprint density at radius 1 is 1.37 bits per heavy atom. The van der Waals surface area contributed by atoms with E-state index in [4.69, 9.17) is 5.73 Å². The molecule has 1 aromatic rings. The molecule has 19 heavy (non-hydrogen) atoms. The van der Waals surface area contributed by atoms with Crippen LogP contribution in [-0.2, 0) is 12.1 Å². The van der Waals surface area contributed by atoms with Gasteiger partial charge in [-0.15, -0.1) is 0 Å². The Bertz CT molecular complexity index is 391. The van der Waals surface area contributed by atoms with E-state index < -0.39 is 0 Å². The zero-order chi connectivity index (χ0) is 13.9. The fourth-order valence-electron chi connectivity index (χ4n) is 2.97. The van der Waals surface area contributed by atoms with Crippen LogP contribution < -0.4 is 5.73 Å². The summed E-state index contributed by atoms with van der Waals surface area (Å²) in [5.74, 6) is 0. The molecular weight excluding hydrogens is 236 g/mol. The first kappa shape index (κ1) is 14.5. The standard InChI is InChI=1S/C15H28N4/c1-13-7-4-5-8-18(13)9-6-10-19-12-17-11-14(19)15(2,3)16/h11-13H,4-10,16H2,1-3H3. The van der Waals surface area contributed by atoms with Gasteiger partial charge in [-0.1, -0.05) is 6.42 Å². The highest BCUT2D eigenvalue weighted by molar-refractivity contribution is 5.09. The van der Waals surface area contributed by atoms with E-state index in [1.165, 1.54) is 38.8 Å². The molecule has 0 saturated carbocycles. The van der Waals surface area contributed by atoms with Gasteiger partial charge in [-0.2, -0.15) is 0 Å². The van der Waals surface area contributed by atoms with Gasteiger partial charge in [-0.25, -0.2) is 4.98 Å². The molecule has 0 amide bonds. The van der Waals surface area contributed by atoms with E-state index in [0.29, 0.717) is 0 Å². The number of aryl methyl sites for hydroxylation is 1. The average Bonchev–Trinajstić information content (AvgIpc) is 2.80. The number of nitrogens with zero attached hydrogens (tertiary/aromatic N) is 3. The average molecular weight is 264 g/mol. The number of rotatable bonds is 5. The van der Waals surface area contributed by atoms with Gasteiger partial charge in [0.05, 0.1) is 17.6 Å². The van der Waals surface area contributed by atoms with Crippen LogP contribution in [0.3, 0.4) is 0 Å². The number of piperidine rings is 1. The van der Waals surface area contributed by atoms with E-state index in [2.05, 4.69) is 21.4 Å². The normalized spacial score (nSPS) is 21.8. The molecule has 1 aromatic heterocycles. The molecule has 0 aliphatic carbocycles. The summed E-state index contributed by atoms with van der Waals surface area (Å²) in [6, 6.07) is 0.752. The molecule has 2 heterocycles. The summed E-state index contributed by atoms with van der Waals surface area (Å²) >= 11 is 0. The summed E-state index contributed by atoms with van der Waals surface area (Å²) < 4.78 is 2.20. The monoisotopic (exact) mass is 264 g/mol. The van der Waals surface area contributed by atoms with Crippen LogP contribution >= 0.6 is 0 Å². The molecule has 1 atom stereocenters. The molecule has 1 unspecified atom stereocenters. The van der Waals surface area contributed by atoms with E-state index in [1.54, 1.807) is 0 Å². The van der Waals surface area contributed by atoms with E-state index in [9.17, 15) is 0 Å². The molecule has 4 heteroatoms. The van der Waals surface area contributed by atoms with Crippen LogP contribution in [0, 0.1) is 0 Å². The van der Waals surface area contributed by atoms with Crippen LogP contribution in [0.2, 0.25) is 0 Å². The molecule has 0 radical (unpaired) electrons. The van der Waals surface area contributed by atoms with Gasteiger partial charge in [-0.05, 0) is 46.6 Å². The summed E-state index contributed by atoms with van der Waals surface area (Å²) in [5.41, 5.74) is 6.98. The number of hydrogen-bond donors (Lipinski definition) is 1. The van der Waals surface area contributed by atoms with Gasteiger partial charge in [-0.3, -0.25) is 0 Å². The number of hydrogen-bond acceptors (Lipinski definition) is 3. The van der Waals surface area contributed by atoms with Crippen LogP contribution in [0.15, 0.2) is 12.5 Å². The van der Waals surface area contributed by atoms with Crippen LogP contribution in [-0.4, -0.2) is 33.6 Å². The van der Waals surface area contributed by atoms with Crippen LogP contribution in [0.1, 0.15) is 52.1 Å². The molecule has 1 saturated heterocycles. The Balaban J connectivity index is 1.84. The van der Waals surface area contributed by atoms with Crippen molar-refractivity contribution in [2.75, 3.05) is 13.1 Å². The Morgan fingerprint density at radius 2 is 2.16 bits per heavy atom. The first-order chi connectivity index (χ1) is 8.98. The lowest BCUT2D eigenvalue weighted by molar-refractivity contribution is 0.156. The number of likely N-dealkylation sites (tertiary alicyclic amines) is 1. The predicted octanol–water partition coefficient (Wildman–Crippen LogP) is 2.34. The van der Waals surface area contributed by atoms with Crippen molar-refractivity contribution in [1.29, 1.82) is 0 Å². The number of imidazole rings is 1. The van der Waals surface area contributed by atoms with Crippen molar-refractivity contribution in [3.8, 4) is 0 Å². The first-order valence-corrected chi connectivity index (χ1v) is 7.52. The third-order valence-electron chi connectivity index (χ3n) is 4.16. The van der Waals surface area contributed by atoms with E-state index in [1.807, 2.05) is 26.4 Å². The molecule has 0 spiro atoms.